The molecule has 1 atom stereocenters. The number of nitrogens with two attached hydrogens (primary N) is 1. The van der Waals surface area contributed by atoms with E-state index in [0.29, 0.717) is 34.2 Å². The van der Waals surface area contributed by atoms with Crippen LogP contribution in [0.4, 0.5) is 0 Å². The van der Waals surface area contributed by atoms with Crippen molar-refractivity contribution in [3.05, 3.63) is 77.0 Å². The molecule has 5 N–H and O–H groups in total. The second-order valence-corrected chi connectivity index (χ2v) is 6.94. The number of allylic oxidation sites excluding steroid dienone is 1. The summed E-state index contributed by atoms with van der Waals surface area (Å²) in [4.78, 5) is 24.2. The Hall–Kier alpha value is -3.39. The van der Waals surface area contributed by atoms with Crippen molar-refractivity contribution in [3.8, 4) is 5.75 Å². The summed E-state index contributed by atoms with van der Waals surface area (Å²) in [5.74, 6) is -0.362. The van der Waals surface area contributed by atoms with Crippen LogP contribution in [-0.4, -0.2) is 23.5 Å². The zero-order chi connectivity index (χ0) is 20.8. The molecule has 2 aromatic carbocycles. The molecule has 1 heterocycles. The van der Waals surface area contributed by atoms with Crippen molar-refractivity contribution in [2.75, 3.05) is 6.61 Å². The zero-order valence-corrected chi connectivity index (χ0v) is 16.7. The molecule has 2 amide bonds. The van der Waals surface area contributed by atoms with Gasteiger partial charge in [0.2, 0.25) is 0 Å². The number of primary amides is 1. The standard InChI is InChI=1S/C21H22N4O3S/c1-13-18(20(27)23-11-14-7-3-2-4-8-14)19(25-21(29)24-13)15-9-5-6-10-16(15)28-12-17(22)26/h2-10,19H,11-12H2,1H3,(H2,22,26)(H,23,27)(H2,24,25,29)/t19-/m0/s1. The first kappa shape index (κ1) is 20.3. The molecule has 150 valence electrons. The summed E-state index contributed by atoms with van der Waals surface area (Å²) in [6, 6.07) is 16.3. The third-order valence-electron chi connectivity index (χ3n) is 4.41. The molecule has 3 rings (SSSR count). The van der Waals surface area contributed by atoms with E-state index in [1.54, 1.807) is 19.1 Å². The third-order valence-corrected chi connectivity index (χ3v) is 4.63. The lowest BCUT2D eigenvalue weighted by molar-refractivity contribution is -0.120. The van der Waals surface area contributed by atoms with Crippen molar-refractivity contribution >= 4 is 29.1 Å². The Morgan fingerprint density at radius 1 is 1.14 bits per heavy atom. The van der Waals surface area contributed by atoms with E-state index in [1.165, 1.54) is 0 Å². The van der Waals surface area contributed by atoms with Gasteiger partial charge in [0.15, 0.2) is 11.7 Å². The van der Waals surface area contributed by atoms with E-state index in [1.807, 2.05) is 42.5 Å². The number of thiocarbonyl (C=S) groups is 1. The van der Waals surface area contributed by atoms with Gasteiger partial charge >= 0.3 is 0 Å². The van der Waals surface area contributed by atoms with Crippen molar-refractivity contribution in [2.24, 2.45) is 5.73 Å². The van der Waals surface area contributed by atoms with Gasteiger partial charge in [-0.1, -0.05) is 48.5 Å². The first-order valence-corrected chi connectivity index (χ1v) is 9.47. The fraction of sp³-hybridized carbons (Fsp3) is 0.190. The first-order valence-electron chi connectivity index (χ1n) is 9.06. The van der Waals surface area contributed by atoms with E-state index >= 15 is 0 Å². The molecular formula is C21H22N4O3S. The molecular weight excluding hydrogens is 388 g/mol. The van der Waals surface area contributed by atoms with E-state index < -0.39 is 11.9 Å². The number of carbonyl (C=O) groups is 2. The van der Waals surface area contributed by atoms with Crippen molar-refractivity contribution in [1.82, 2.24) is 16.0 Å². The Bertz CT molecular complexity index is 959. The van der Waals surface area contributed by atoms with Gasteiger partial charge in [-0.05, 0) is 30.8 Å². The molecule has 7 nitrogen and oxygen atoms in total. The van der Waals surface area contributed by atoms with Crippen LogP contribution in [0, 0.1) is 0 Å². The monoisotopic (exact) mass is 410 g/mol. The Morgan fingerprint density at radius 2 is 1.83 bits per heavy atom. The topological polar surface area (TPSA) is 105 Å². The largest absolute Gasteiger partial charge is 0.483 e. The molecule has 29 heavy (non-hydrogen) atoms. The van der Waals surface area contributed by atoms with Crippen LogP contribution in [0.5, 0.6) is 5.75 Å². The van der Waals surface area contributed by atoms with Crippen molar-refractivity contribution in [1.29, 1.82) is 0 Å². The van der Waals surface area contributed by atoms with Crippen LogP contribution in [0.3, 0.4) is 0 Å². The molecule has 0 unspecified atom stereocenters. The van der Waals surface area contributed by atoms with Gasteiger partial charge in [0, 0.05) is 17.8 Å². The normalized spacial score (nSPS) is 15.9. The van der Waals surface area contributed by atoms with Crippen LogP contribution < -0.4 is 26.4 Å². The van der Waals surface area contributed by atoms with Crippen LogP contribution in [-0.2, 0) is 16.1 Å². The van der Waals surface area contributed by atoms with E-state index in [0.717, 1.165) is 5.56 Å². The number of ether oxygens (including phenoxy) is 1. The molecule has 1 aliphatic heterocycles. The lowest BCUT2D eigenvalue weighted by Gasteiger charge is -2.31. The Kier molecular flexibility index (Phi) is 6.46. The highest BCUT2D eigenvalue weighted by atomic mass is 32.1. The summed E-state index contributed by atoms with van der Waals surface area (Å²) in [7, 11) is 0. The Morgan fingerprint density at radius 3 is 2.55 bits per heavy atom. The van der Waals surface area contributed by atoms with Crippen molar-refractivity contribution < 1.29 is 14.3 Å². The summed E-state index contributed by atoms with van der Waals surface area (Å²) in [5, 5.41) is 9.48. The summed E-state index contributed by atoms with van der Waals surface area (Å²) < 4.78 is 5.55. The van der Waals surface area contributed by atoms with Gasteiger partial charge in [-0.3, -0.25) is 9.59 Å². The molecule has 0 aromatic heterocycles. The van der Waals surface area contributed by atoms with Crippen LogP contribution in [0.1, 0.15) is 24.1 Å². The van der Waals surface area contributed by atoms with Gasteiger partial charge in [-0.2, -0.15) is 0 Å². The van der Waals surface area contributed by atoms with Crippen LogP contribution in [0.2, 0.25) is 0 Å². The molecule has 0 bridgehead atoms. The predicted octanol–water partition coefficient (Wildman–Crippen LogP) is 1.66. The SMILES string of the molecule is CC1=C(C(=O)NCc2ccccc2)[C@H](c2ccccc2OCC(N)=O)NC(=S)N1. The Balaban J connectivity index is 1.88. The molecule has 0 radical (unpaired) electrons. The molecule has 8 heteroatoms. The number of amides is 2. The highest BCUT2D eigenvalue weighted by Gasteiger charge is 2.31. The number of nitrogens with one attached hydrogen (secondary N) is 3. The summed E-state index contributed by atoms with van der Waals surface area (Å²) >= 11 is 5.29. The average molecular weight is 410 g/mol. The van der Waals surface area contributed by atoms with Gasteiger partial charge in [0.1, 0.15) is 5.75 Å². The van der Waals surface area contributed by atoms with Crippen molar-refractivity contribution in [3.63, 3.8) is 0 Å². The third kappa shape index (κ3) is 5.11. The van der Waals surface area contributed by atoms with E-state index in [4.69, 9.17) is 22.7 Å². The van der Waals surface area contributed by atoms with Crippen LogP contribution in [0.15, 0.2) is 65.9 Å². The maximum Gasteiger partial charge on any atom is 0.255 e. The highest BCUT2D eigenvalue weighted by Crippen LogP contribution is 2.33. The van der Waals surface area contributed by atoms with E-state index in [-0.39, 0.29) is 12.5 Å². The van der Waals surface area contributed by atoms with Gasteiger partial charge in [0.05, 0.1) is 11.6 Å². The van der Waals surface area contributed by atoms with Gasteiger partial charge in [-0.25, -0.2) is 0 Å². The second kappa shape index (κ2) is 9.20. The maximum atomic E-state index is 13.0. The average Bonchev–Trinajstić information content (AvgIpc) is 2.71. The van der Waals surface area contributed by atoms with Gasteiger partial charge < -0.3 is 26.4 Å². The molecule has 1 aliphatic rings. The molecule has 0 spiro atoms. The van der Waals surface area contributed by atoms with Crippen LogP contribution in [0.25, 0.3) is 0 Å². The van der Waals surface area contributed by atoms with Crippen LogP contribution >= 0.6 is 12.2 Å². The van der Waals surface area contributed by atoms with E-state index in [2.05, 4.69) is 16.0 Å². The molecule has 0 fully saturated rings. The number of carbonyl (C=O) groups excluding carboxylic acids is 2. The minimum Gasteiger partial charge on any atom is -0.483 e. The summed E-state index contributed by atoms with van der Waals surface area (Å²) in [6.45, 7) is 1.93. The minimum atomic E-state index is -0.582. The first-order chi connectivity index (χ1) is 14.0. The molecule has 0 aliphatic carbocycles. The minimum absolute atomic E-state index is 0.233. The summed E-state index contributed by atoms with van der Waals surface area (Å²) in [5.41, 5.74) is 8.01. The number of para-hydroxylation sites is 1. The maximum absolute atomic E-state index is 13.0. The number of rotatable bonds is 7. The highest BCUT2D eigenvalue weighted by molar-refractivity contribution is 7.80. The predicted molar refractivity (Wildman–Crippen MR) is 114 cm³/mol. The quantitative estimate of drug-likeness (QED) is 0.518. The molecule has 0 saturated heterocycles. The Labute approximate surface area is 174 Å². The van der Waals surface area contributed by atoms with Gasteiger partial charge in [0.25, 0.3) is 11.8 Å². The lowest BCUT2D eigenvalue weighted by Crippen LogP contribution is -2.46. The summed E-state index contributed by atoms with van der Waals surface area (Å²) in [6.07, 6.45) is 0. The molecule has 2 aromatic rings. The van der Waals surface area contributed by atoms with Gasteiger partial charge in [-0.15, -0.1) is 0 Å². The van der Waals surface area contributed by atoms with Crippen molar-refractivity contribution in [2.45, 2.75) is 19.5 Å². The zero-order valence-electron chi connectivity index (χ0n) is 15.9. The number of hydrogen-bond acceptors (Lipinski definition) is 4. The smallest absolute Gasteiger partial charge is 0.255 e. The number of benzene rings is 2. The van der Waals surface area contributed by atoms with E-state index in [9.17, 15) is 9.59 Å². The second-order valence-electron chi connectivity index (χ2n) is 6.53. The fourth-order valence-electron chi connectivity index (χ4n) is 3.10. The lowest BCUT2D eigenvalue weighted by atomic mass is 9.94. The molecule has 0 saturated carbocycles. The fourth-order valence-corrected chi connectivity index (χ4v) is 3.37. The number of hydrogen-bond donors (Lipinski definition) is 4.